The predicted octanol–water partition coefficient (Wildman–Crippen LogP) is 3.31. The van der Waals surface area contributed by atoms with E-state index in [0.29, 0.717) is 5.41 Å². The Hall–Kier alpha value is -1.51. The highest BCUT2D eigenvalue weighted by Gasteiger charge is 2.37. The summed E-state index contributed by atoms with van der Waals surface area (Å²) >= 11 is 0. The molecule has 2 heterocycles. The van der Waals surface area contributed by atoms with E-state index in [4.69, 9.17) is 0 Å². The number of benzene rings is 1. The second-order valence-corrected chi connectivity index (χ2v) is 6.23. The molecule has 0 atom stereocenters. The van der Waals surface area contributed by atoms with Crippen LogP contribution in [0.4, 0.5) is 5.69 Å². The highest BCUT2D eigenvalue weighted by molar-refractivity contribution is 5.95. The van der Waals surface area contributed by atoms with Crippen molar-refractivity contribution in [2.24, 2.45) is 5.41 Å². The van der Waals surface area contributed by atoms with Gasteiger partial charge in [0.2, 0.25) is 0 Å². The average molecular weight is 272 g/mol. The number of fused-ring (bicyclic) bond motifs is 1. The van der Waals surface area contributed by atoms with Gasteiger partial charge in [0, 0.05) is 30.9 Å². The molecular formula is C17H24N2O. The number of carbonyl (C=O) groups is 1. The lowest BCUT2D eigenvalue weighted by molar-refractivity contribution is 0.0770. The van der Waals surface area contributed by atoms with Crippen molar-refractivity contribution in [2.75, 3.05) is 25.0 Å². The van der Waals surface area contributed by atoms with E-state index < -0.39 is 0 Å². The Balaban J connectivity index is 1.77. The molecule has 0 aliphatic carbocycles. The van der Waals surface area contributed by atoms with Crippen LogP contribution >= 0.6 is 0 Å². The molecular weight excluding hydrogens is 248 g/mol. The van der Waals surface area contributed by atoms with E-state index >= 15 is 0 Å². The number of rotatable bonds is 3. The topological polar surface area (TPSA) is 32.3 Å². The maximum Gasteiger partial charge on any atom is 0.253 e. The minimum atomic E-state index is 0.199. The summed E-state index contributed by atoms with van der Waals surface area (Å²) in [6.45, 7) is 7.31. The van der Waals surface area contributed by atoms with Gasteiger partial charge in [-0.15, -0.1) is 0 Å². The van der Waals surface area contributed by atoms with Gasteiger partial charge in [0.25, 0.3) is 5.91 Å². The number of nitrogens with one attached hydrogen (secondary N) is 1. The first-order valence-electron chi connectivity index (χ1n) is 7.83. The molecule has 1 amide bonds. The van der Waals surface area contributed by atoms with Crippen LogP contribution in [-0.2, 0) is 6.42 Å². The van der Waals surface area contributed by atoms with Gasteiger partial charge >= 0.3 is 0 Å². The lowest BCUT2D eigenvalue weighted by Crippen LogP contribution is -2.31. The first kappa shape index (κ1) is 13.5. The summed E-state index contributed by atoms with van der Waals surface area (Å²) in [6, 6.07) is 6.13. The summed E-state index contributed by atoms with van der Waals surface area (Å²) in [4.78, 5) is 14.7. The lowest BCUT2D eigenvalue weighted by atomic mass is 9.82. The number of anilines is 1. The van der Waals surface area contributed by atoms with Crippen LogP contribution in [0, 0.1) is 5.41 Å². The molecule has 2 aliphatic heterocycles. The van der Waals surface area contributed by atoms with Crippen LogP contribution in [0.1, 0.15) is 49.0 Å². The van der Waals surface area contributed by atoms with Crippen LogP contribution in [0.5, 0.6) is 0 Å². The molecule has 0 saturated carbocycles. The number of amides is 1. The molecule has 2 aliphatic rings. The monoisotopic (exact) mass is 272 g/mol. The van der Waals surface area contributed by atoms with E-state index in [9.17, 15) is 4.79 Å². The quantitative estimate of drug-likeness (QED) is 0.915. The molecule has 0 radical (unpaired) electrons. The number of likely N-dealkylation sites (tertiary alicyclic amines) is 1. The molecule has 0 aromatic heterocycles. The van der Waals surface area contributed by atoms with Crippen LogP contribution in [-0.4, -0.2) is 30.4 Å². The SMILES string of the molecule is CCC1(CC)CCN(C(=O)c2ccc3c(c2)NCC3)C1. The largest absolute Gasteiger partial charge is 0.384 e. The van der Waals surface area contributed by atoms with Gasteiger partial charge < -0.3 is 10.2 Å². The predicted molar refractivity (Wildman–Crippen MR) is 82.2 cm³/mol. The zero-order valence-electron chi connectivity index (χ0n) is 12.5. The molecule has 1 N–H and O–H groups in total. The third-order valence-electron chi connectivity index (χ3n) is 5.29. The summed E-state index contributed by atoms with van der Waals surface area (Å²) in [5.74, 6) is 0.199. The van der Waals surface area contributed by atoms with Gasteiger partial charge in [-0.2, -0.15) is 0 Å². The standard InChI is InChI=1S/C17H24N2O/c1-3-17(4-2)8-10-19(12-17)16(20)14-6-5-13-7-9-18-15(13)11-14/h5-6,11,18H,3-4,7-10,12H2,1-2H3. The summed E-state index contributed by atoms with van der Waals surface area (Å²) < 4.78 is 0. The highest BCUT2D eigenvalue weighted by Crippen LogP contribution is 2.37. The first-order chi connectivity index (χ1) is 9.67. The van der Waals surface area contributed by atoms with Gasteiger partial charge in [-0.3, -0.25) is 4.79 Å². The van der Waals surface area contributed by atoms with Gasteiger partial charge in [0.15, 0.2) is 0 Å². The van der Waals surface area contributed by atoms with E-state index in [1.807, 2.05) is 17.0 Å². The minimum Gasteiger partial charge on any atom is -0.384 e. The third-order valence-corrected chi connectivity index (χ3v) is 5.29. The Morgan fingerprint density at radius 3 is 2.85 bits per heavy atom. The van der Waals surface area contributed by atoms with Crippen LogP contribution in [0.3, 0.4) is 0 Å². The average Bonchev–Trinajstić information content (AvgIpc) is 3.13. The van der Waals surface area contributed by atoms with E-state index in [2.05, 4.69) is 25.2 Å². The lowest BCUT2D eigenvalue weighted by Gasteiger charge is -2.26. The van der Waals surface area contributed by atoms with Crippen molar-refractivity contribution >= 4 is 11.6 Å². The smallest absolute Gasteiger partial charge is 0.253 e. The summed E-state index contributed by atoms with van der Waals surface area (Å²) in [5.41, 5.74) is 3.66. The van der Waals surface area contributed by atoms with Gasteiger partial charge in [-0.05, 0) is 48.8 Å². The summed E-state index contributed by atoms with van der Waals surface area (Å²) in [6.07, 6.45) is 4.55. The molecule has 1 fully saturated rings. The number of hydrogen-bond acceptors (Lipinski definition) is 2. The van der Waals surface area contributed by atoms with Crippen LogP contribution in [0.25, 0.3) is 0 Å². The molecule has 108 valence electrons. The van der Waals surface area contributed by atoms with E-state index in [0.717, 1.165) is 43.7 Å². The number of hydrogen-bond donors (Lipinski definition) is 1. The fourth-order valence-corrected chi connectivity index (χ4v) is 3.54. The Morgan fingerprint density at radius 2 is 2.15 bits per heavy atom. The minimum absolute atomic E-state index is 0.199. The van der Waals surface area contributed by atoms with Crippen LogP contribution in [0.15, 0.2) is 18.2 Å². The second kappa shape index (κ2) is 5.12. The zero-order valence-corrected chi connectivity index (χ0v) is 12.5. The summed E-state index contributed by atoms with van der Waals surface area (Å²) in [7, 11) is 0. The highest BCUT2D eigenvalue weighted by atomic mass is 16.2. The molecule has 0 unspecified atom stereocenters. The molecule has 1 aromatic rings. The van der Waals surface area contributed by atoms with E-state index in [1.54, 1.807) is 0 Å². The van der Waals surface area contributed by atoms with Crippen molar-refractivity contribution in [2.45, 2.75) is 39.5 Å². The van der Waals surface area contributed by atoms with Crippen molar-refractivity contribution in [3.05, 3.63) is 29.3 Å². The fourth-order valence-electron chi connectivity index (χ4n) is 3.54. The van der Waals surface area contributed by atoms with Crippen molar-refractivity contribution < 1.29 is 4.79 Å². The molecule has 1 saturated heterocycles. The normalized spacial score (nSPS) is 19.8. The number of nitrogens with zero attached hydrogens (tertiary/aromatic N) is 1. The van der Waals surface area contributed by atoms with Crippen LogP contribution < -0.4 is 5.32 Å². The van der Waals surface area contributed by atoms with Crippen molar-refractivity contribution in [3.8, 4) is 0 Å². The molecule has 20 heavy (non-hydrogen) atoms. The molecule has 1 aromatic carbocycles. The van der Waals surface area contributed by atoms with Crippen molar-refractivity contribution in [3.63, 3.8) is 0 Å². The molecule has 0 spiro atoms. The Morgan fingerprint density at radius 1 is 1.35 bits per heavy atom. The fraction of sp³-hybridized carbons (Fsp3) is 0.588. The molecule has 3 rings (SSSR count). The molecule has 3 heteroatoms. The number of carbonyl (C=O) groups excluding carboxylic acids is 1. The molecule has 3 nitrogen and oxygen atoms in total. The zero-order chi connectivity index (χ0) is 14.2. The van der Waals surface area contributed by atoms with Gasteiger partial charge in [-0.25, -0.2) is 0 Å². The Kier molecular flexibility index (Phi) is 3.45. The van der Waals surface area contributed by atoms with Crippen molar-refractivity contribution in [1.82, 2.24) is 4.90 Å². The van der Waals surface area contributed by atoms with E-state index in [-0.39, 0.29) is 5.91 Å². The maximum absolute atomic E-state index is 12.7. The summed E-state index contributed by atoms with van der Waals surface area (Å²) in [5, 5.41) is 3.35. The molecule has 0 bridgehead atoms. The second-order valence-electron chi connectivity index (χ2n) is 6.23. The van der Waals surface area contributed by atoms with Gasteiger partial charge in [0.1, 0.15) is 0 Å². The van der Waals surface area contributed by atoms with E-state index in [1.165, 1.54) is 18.4 Å². The Labute approximate surface area is 121 Å². The third kappa shape index (κ3) is 2.19. The Bertz CT molecular complexity index is 520. The van der Waals surface area contributed by atoms with Crippen molar-refractivity contribution in [1.29, 1.82) is 0 Å². The first-order valence-corrected chi connectivity index (χ1v) is 7.83. The maximum atomic E-state index is 12.7. The van der Waals surface area contributed by atoms with Gasteiger partial charge in [-0.1, -0.05) is 19.9 Å². The van der Waals surface area contributed by atoms with Gasteiger partial charge in [0.05, 0.1) is 0 Å². The van der Waals surface area contributed by atoms with Crippen LogP contribution in [0.2, 0.25) is 0 Å².